The van der Waals surface area contributed by atoms with E-state index in [1.807, 2.05) is 0 Å². The molecule has 0 spiro atoms. The number of carbonyl (C=O) groups excluding carboxylic acids is 1. The van der Waals surface area contributed by atoms with Crippen molar-refractivity contribution in [1.82, 2.24) is 4.90 Å². The number of methoxy groups -OCH3 is 1. The molecule has 0 radical (unpaired) electrons. The lowest BCUT2D eigenvalue weighted by Gasteiger charge is -2.23. The third kappa shape index (κ3) is 9.04. The number of benzene rings is 2. The van der Waals surface area contributed by atoms with Crippen LogP contribution < -0.4 is 8.92 Å². The summed E-state index contributed by atoms with van der Waals surface area (Å²) in [6.07, 6.45) is 3.38. The van der Waals surface area contributed by atoms with Crippen LogP contribution in [0.2, 0.25) is 0 Å². The van der Waals surface area contributed by atoms with Gasteiger partial charge >= 0.3 is 16.3 Å². The van der Waals surface area contributed by atoms with Gasteiger partial charge in [0.15, 0.2) is 11.5 Å². The molecule has 0 unspecified atom stereocenters. The summed E-state index contributed by atoms with van der Waals surface area (Å²) < 4.78 is 81.1. The number of alkyl halides is 3. The van der Waals surface area contributed by atoms with Crippen molar-refractivity contribution in [1.29, 1.82) is 0 Å². The number of rotatable bonds is 15. The highest BCUT2D eigenvalue weighted by atomic mass is 32.2. The molecule has 0 fully saturated rings. The average molecular weight is 582 g/mol. The van der Waals surface area contributed by atoms with Gasteiger partial charge in [0, 0.05) is 13.0 Å². The van der Waals surface area contributed by atoms with Crippen molar-refractivity contribution in [3.05, 3.63) is 77.7 Å². The van der Waals surface area contributed by atoms with Gasteiger partial charge in [-0.3, -0.25) is 4.79 Å². The Hall–Kier alpha value is -3.47. The van der Waals surface area contributed by atoms with Crippen LogP contribution in [0.4, 0.5) is 13.2 Å². The summed E-state index contributed by atoms with van der Waals surface area (Å²) in [4.78, 5) is 14.1. The molecule has 3 aromatic rings. The molecule has 0 aliphatic heterocycles. The standard InChI is InChI=1S/C29H34F3NO6S/c1-3-4-5-6-7-8-14-28(34)33(21-24-12-10-17-38-24)20-22-15-16-26(37-2)27(18-22)39-40(35,36)25-13-9-11-23(19-25)29(30,31)32/h9-13,15-19H,3-8,14,20-21H2,1-2H3. The van der Waals surface area contributed by atoms with Crippen molar-refractivity contribution >= 4 is 16.0 Å². The quantitative estimate of drug-likeness (QED) is 0.138. The number of amides is 1. The zero-order valence-corrected chi connectivity index (χ0v) is 23.4. The lowest BCUT2D eigenvalue weighted by atomic mass is 10.1. The summed E-state index contributed by atoms with van der Waals surface area (Å²) in [6, 6.07) is 11.3. The molecule has 1 amide bonds. The molecule has 0 aliphatic carbocycles. The summed E-state index contributed by atoms with van der Waals surface area (Å²) in [7, 11) is -3.32. The number of hydrogen-bond donors (Lipinski definition) is 0. The van der Waals surface area contributed by atoms with E-state index in [0.29, 0.717) is 23.8 Å². The molecule has 7 nitrogen and oxygen atoms in total. The molecule has 40 heavy (non-hydrogen) atoms. The van der Waals surface area contributed by atoms with E-state index in [4.69, 9.17) is 13.3 Å². The minimum Gasteiger partial charge on any atom is -0.493 e. The highest BCUT2D eigenvalue weighted by Gasteiger charge is 2.32. The first-order valence-corrected chi connectivity index (χ1v) is 14.5. The van der Waals surface area contributed by atoms with Crippen molar-refractivity contribution in [2.45, 2.75) is 76.0 Å². The first-order valence-electron chi connectivity index (χ1n) is 13.1. The van der Waals surface area contributed by atoms with Crippen LogP contribution in [0.25, 0.3) is 0 Å². The Morgan fingerprint density at radius 3 is 2.35 bits per heavy atom. The molecule has 1 heterocycles. The fourth-order valence-corrected chi connectivity index (χ4v) is 5.12. The van der Waals surface area contributed by atoms with E-state index in [2.05, 4.69) is 6.92 Å². The molecule has 0 N–H and O–H groups in total. The molecular formula is C29H34F3NO6S. The van der Waals surface area contributed by atoms with Crippen molar-refractivity contribution in [3.8, 4) is 11.5 Å². The highest BCUT2D eigenvalue weighted by molar-refractivity contribution is 7.87. The van der Waals surface area contributed by atoms with Gasteiger partial charge in [-0.1, -0.05) is 51.2 Å². The highest BCUT2D eigenvalue weighted by Crippen LogP contribution is 2.34. The van der Waals surface area contributed by atoms with Gasteiger partial charge in [0.25, 0.3) is 0 Å². The van der Waals surface area contributed by atoms with Crippen LogP contribution in [0.5, 0.6) is 11.5 Å². The zero-order valence-electron chi connectivity index (χ0n) is 22.6. The fraction of sp³-hybridized carbons (Fsp3) is 0.414. The normalized spacial score (nSPS) is 11.8. The first kappa shape index (κ1) is 31.1. The van der Waals surface area contributed by atoms with Crippen LogP contribution in [0.1, 0.15) is 68.8 Å². The van der Waals surface area contributed by atoms with Crippen LogP contribution in [0.15, 0.2) is 70.2 Å². The lowest BCUT2D eigenvalue weighted by Crippen LogP contribution is -2.29. The average Bonchev–Trinajstić information content (AvgIpc) is 3.43. The Balaban J connectivity index is 1.79. The molecular weight excluding hydrogens is 547 g/mol. The first-order chi connectivity index (χ1) is 19.0. The number of furan rings is 1. The minimum atomic E-state index is -4.72. The van der Waals surface area contributed by atoms with E-state index in [1.165, 1.54) is 31.9 Å². The van der Waals surface area contributed by atoms with Crippen molar-refractivity contribution in [3.63, 3.8) is 0 Å². The van der Waals surface area contributed by atoms with Gasteiger partial charge in [0.05, 0.1) is 25.5 Å². The second kappa shape index (κ2) is 14.2. The van der Waals surface area contributed by atoms with Gasteiger partial charge in [-0.15, -0.1) is 0 Å². The maximum Gasteiger partial charge on any atom is 0.416 e. The summed E-state index contributed by atoms with van der Waals surface area (Å²) in [5, 5.41) is 0. The molecule has 0 saturated carbocycles. The Labute approximate surface area is 233 Å². The van der Waals surface area contributed by atoms with Gasteiger partial charge in [-0.05, 0) is 54.4 Å². The molecule has 3 rings (SSSR count). The monoisotopic (exact) mass is 581 g/mol. The van der Waals surface area contributed by atoms with Crippen molar-refractivity contribution < 1.29 is 39.7 Å². The van der Waals surface area contributed by atoms with E-state index in [1.54, 1.807) is 23.1 Å². The molecule has 1 aromatic heterocycles. The SMILES string of the molecule is CCCCCCCCC(=O)N(Cc1ccc(OC)c(OS(=O)(=O)c2cccc(C(F)(F)F)c2)c1)Cc1ccco1. The fourth-order valence-electron chi connectivity index (χ4n) is 4.14. The van der Waals surface area contributed by atoms with E-state index < -0.39 is 26.8 Å². The van der Waals surface area contributed by atoms with E-state index in [-0.39, 0.29) is 30.5 Å². The van der Waals surface area contributed by atoms with Crippen LogP contribution in [-0.2, 0) is 34.2 Å². The Morgan fingerprint density at radius 1 is 0.925 bits per heavy atom. The molecule has 218 valence electrons. The van der Waals surface area contributed by atoms with Gasteiger partial charge in [0.1, 0.15) is 10.7 Å². The van der Waals surface area contributed by atoms with Crippen LogP contribution in [-0.4, -0.2) is 26.3 Å². The van der Waals surface area contributed by atoms with Crippen molar-refractivity contribution in [2.75, 3.05) is 7.11 Å². The second-order valence-electron chi connectivity index (χ2n) is 9.40. The number of ether oxygens (including phenoxy) is 1. The number of hydrogen-bond acceptors (Lipinski definition) is 6. The minimum absolute atomic E-state index is 0.0651. The molecule has 0 aliphatic rings. The molecule has 0 atom stereocenters. The number of unbranched alkanes of at least 4 members (excludes halogenated alkanes) is 5. The summed E-state index contributed by atoms with van der Waals surface area (Å²) >= 11 is 0. The summed E-state index contributed by atoms with van der Waals surface area (Å²) in [6.45, 7) is 2.48. The summed E-state index contributed by atoms with van der Waals surface area (Å²) in [5.74, 6) is 0.365. The Kier molecular flexibility index (Phi) is 11.1. The Bertz CT molecular complexity index is 1340. The zero-order chi connectivity index (χ0) is 29.2. The molecule has 0 bridgehead atoms. The Morgan fingerprint density at radius 2 is 1.68 bits per heavy atom. The predicted molar refractivity (Wildman–Crippen MR) is 143 cm³/mol. The molecule has 11 heteroatoms. The summed E-state index contributed by atoms with van der Waals surface area (Å²) in [5.41, 5.74) is -0.576. The van der Waals surface area contributed by atoms with Crippen LogP contribution in [0.3, 0.4) is 0 Å². The maximum absolute atomic E-state index is 13.1. The van der Waals surface area contributed by atoms with Crippen LogP contribution >= 0.6 is 0 Å². The topological polar surface area (TPSA) is 86.0 Å². The van der Waals surface area contributed by atoms with Crippen molar-refractivity contribution in [2.24, 2.45) is 0 Å². The van der Waals surface area contributed by atoms with Gasteiger partial charge in [0.2, 0.25) is 5.91 Å². The van der Waals surface area contributed by atoms with Crippen LogP contribution in [0, 0.1) is 0 Å². The van der Waals surface area contributed by atoms with Gasteiger partial charge in [-0.2, -0.15) is 21.6 Å². The molecule has 0 saturated heterocycles. The predicted octanol–water partition coefficient (Wildman–Crippen LogP) is 7.35. The molecule has 2 aromatic carbocycles. The number of halogens is 3. The second-order valence-corrected chi connectivity index (χ2v) is 10.9. The number of carbonyl (C=O) groups is 1. The third-order valence-electron chi connectivity index (χ3n) is 6.27. The maximum atomic E-state index is 13.1. The largest absolute Gasteiger partial charge is 0.493 e. The van der Waals surface area contributed by atoms with E-state index >= 15 is 0 Å². The van der Waals surface area contributed by atoms with E-state index in [0.717, 1.165) is 50.3 Å². The van der Waals surface area contributed by atoms with Gasteiger partial charge < -0.3 is 18.2 Å². The lowest BCUT2D eigenvalue weighted by molar-refractivity contribution is -0.137. The van der Waals surface area contributed by atoms with Gasteiger partial charge in [-0.25, -0.2) is 0 Å². The smallest absolute Gasteiger partial charge is 0.416 e. The third-order valence-corrected chi connectivity index (χ3v) is 7.50. The van der Waals surface area contributed by atoms with E-state index in [9.17, 15) is 26.4 Å². The number of nitrogens with zero attached hydrogens (tertiary/aromatic N) is 1.